The van der Waals surface area contributed by atoms with Crippen LogP contribution in [0.25, 0.3) is 0 Å². The highest BCUT2D eigenvalue weighted by molar-refractivity contribution is 5.97. The van der Waals surface area contributed by atoms with Crippen LogP contribution in [0.3, 0.4) is 0 Å². The van der Waals surface area contributed by atoms with Gasteiger partial charge in [-0.2, -0.15) is 0 Å². The minimum Gasteiger partial charge on any atom is -0.486 e. The van der Waals surface area contributed by atoms with E-state index >= 15 is 0 Å². The number of ether oxygens (including phenoxy) is 3. The second kappa shape index (κ2) is 6.13. The lowest BCUT2D eigenvalue weighted by Gasteiger charge is -2.23. The van der Waals surface area contributed by atoms with Gasteiger partial charge in [0.2, 0.25) is 0 Å². The van der Waals surface area contributed by atoms with E-state index in [1.54, 1.807) is 6.07 Å². The third-order valence-corrected chi connectivity index (χ3v) is 3.70. The topological polar surface area (TPSA) is 56.8 Å². The maximum atomic E-state index is 12.3. The molecule has 20 heavy (non-hydrogen) atoms. The van der Waals surface area contributed by atoms with Crippen molar-refractivity contribution in [1.82, 2.24) is 5.32 Å². The van der Waals surface area contributed by atoms with Crippen LogP contribution in [0.5, 0.6) is 11.5 Å². The van der Waals surface area contributed by atoms with Gasteiger partial charge in [0.15, 0.2) is 11.5 Å². The van der Waals surface area contributed by atoms with E-state index in [0.717, 1.165) is 26.1 Å². The molecule has 2 aliphatic rings. The number of benzene rings is 1. The van der Waals surface area contributed by atoms with Crippen molar-refractivity contribution in [3.05, 3.63) is 23.8 Å². The number of para-hydroxylation sites is 1. The molecule has 2 heterocycles. The average molecular weight is 277 g/mol. The van der Waals surface area contributed by atoms with Gasteiger partial charge in [0.1, 0.15) is 13.2 Å². The summed E-state index contributed by atoms with van der Waals surface area (Å²) < 4.78 is 16.4. The molecule has 0 spiro atoms. The monoisotopic (exact) mass is 277 g/mol. The molecule has 0 unspecified atom stereocenters. The van der Waals surface area contributed by atoms with E-state index in [4.69, 9.17) is 14.2 Å². The third-order valence-electron chi connectivity index (χ3n) is 3.70. The molecule has 1 saturated heterocycles. The Kier molecular flexibility index (Phi) is 4.06. The van der Waals surface area contributed by atoms with Gasteiger partial charge in [-0.05, 0) is 30.9 Å². The van der Waals surface area contributed by atoms with Gasteiger partial charge in [-0.15, -0.1) is 0 Å². The molecule has 0 aromatic heterocycles. The molecule has 1 fully saturated rings. The molecule has 108 valence electrons. The number of rotatable bonds is 3. The molecule has 0 bridgehead atoms. The van der Waals surface area contributed by atoms with Crippen LogP contribution in [0, 0.1) is 5.92 Å². The van der Waals surface area contributed by atoms with E-state index in [1.807, 2.05) is 12.1 Å². The van der Waals surface area contributed by atoms with Crippen molar-refractivity contribution >= 4 is 5.91 Å². The Labute approximate surface area is 118 Å². The second-order valence-corrected chi connectivity index (χ2v) is 5.10. The first-order chi connectivity index (χ1) is 9.84. The molecule has 0 atom stereocenters. The fourth-order valence-corrected chi connectivity index (χ4v) is 2.54. The molecule has 2 aliphatic heterocycles. The lowest BCUT2D eigenvalue weighted by Crippen LogP contribution is -2.32. The van der Waals surface area contributed by atoms with Gasteiger partial charge in [-0.3, -0.25) is 4.79 Å². The van der Waals surface area contributed by atoms with Gasteiger partial charge >= 0.3 is 0 Å². The van der Waals surface area contributed by atoms with Crippen molar-refractivity contribution in [2.24, 2.45) is 5.92 Å². The molecular formula is C15H19NO4. The van der Waals surface area contributed by atoms with E-state index in [0.29, 0.717) is 42.7 Å². The quantitative estimate of drug-likeness (QED) is 0.912. The Balaban J connectivity index is 1.64. The van der Waals surface area contributed by atoms with Crippen LogP contribution in [0.2, 0.25) is 0 Å². The fourth-order valence-electron chi connectivity index (χ4n) is 2.54. The molecule has 1 N–H and O–H groups in total. The highest BCUT2D eigenvalue weighted by Gasteiger charge is 2.21. The Morgan fingerprint density at radius 2 is 1.95 bits per heavy atom. The smallest absolute Gasteiger partial charge is 0.255 e. The number of fused-ring (bicyclic) bond motifs is 1. The van der Waals surface area contributed by atoms with Gasteiger partial charge in [0, 0.05) is 19.8 Å². The third kappa shape index (κ3) is 2.88. The number of hydrogen-bond acceptors (Lipinski definition) is 4. The fraction of sp³-hybridized carbons (Fsp3) is 0.533. The van der Waals surface area contributed by atoms with Crippen molar-refractivity contribution in [2.45, 2.75) is 12.8 Å². The zero-order chi connectivity index (χ0) is 13.8. The van der Waals surface area contributed by atoms with Crippen LogP contribution in [-0.4, -0.2) is 38.9 Å². The molecule has 1 aromatic carbocycles. The highest BCUT2D eigenvalue weighted by Crippen LogP contribution is 2.33. The van der Waals surface area contributed by atoms with E-state index in [1.165, 1.54) is 0 Å². The predicted molar refractivity (Wildman–Crippen MR) is 73.3 cm³/mol. The summed E-state index contributed by atoms with van der Waals surface area (Å²) in [5.41, 5.74) is 0.550. The maximum absolute atomic E-state index is 12.3. The van der Waals surface area contributed by atoms with Crippen LogP contribution in [0.15, 0.2) is 18.2 Å². The van der Waals surface area contributed by atoms with Gasteiger partial charge in [-0.1, -0.05) is 6.07 Å². The van der Waals surface area contributed by atoms with E-state index in [2.05, 4.69) is 5.32 Å². The zero-order valence-electron chi connectivity index (χ0n) is 11.4. The molecular weight excluding hydrogens is 258 g/mol. The summed E-state index contributed by atoms with van der Waals surface area (Å²) in [7, 11) is 0. The molecule has 0 aliphatic carbocycles. The van der Waals surface area contributed by atoms with Crippen LogP contribution < -0.4 is 14.8 Å². The summed E-state index contributed by atoms with van der Waals surface area (Å²) in [6, 6.07) is 5.41. The lowest BCUT2D eigenvalue weighted by molar-refractivity contribution is 0.0641. The van der Waals surface area contributed by atoms with Crippen molar-refractivity contribution in [3.8, 4) is 11.5 Å². The maximum Gasteiger partial charge on any atom is 0.255 e. The average Bonchev–Trinajstić information content (AvgIpc) is 2.53. The molecule has 0 saturated carbocycles. The zero-order valence-corrected chi connectivity index (χ0v) is 11.4. The predicted octanol–water partition coefficient (Wildman–Crippen LogP) is 1.61. The first-order valence-corrected chi connectivity index (χ1v) is 7.09. The van der Waals surface area contributed by atoms with Gasteiger partial charge in [0.05, 0.1) is 5.56 Å². The van der Waals surface area contributed by atoms with Crippen LogP contribution in [-0.2, 0) is 4.74 Å². The highest BCUT2D eigenvalue weighted by atomic mass is 16.6. The molecule has 5 heteroatoms. The summed E-state index contributed by atoms with van der Waals surface area (Å²) >= 11 is 0. The van der Waals surface area contributed by atoms with Crippen LogP contribution >= 0.6 is 0 Å². The van der Waals surface area contributed by atoms with E-state index in [9.17, 15) is 4.79 Å². The standard InChI is InChI=1S/C15H19NO4/c17-15(16-10-11-4-6-18-7-5-11)12-2-1-3-13-14(12)20-9-8-19-13/h1-3,11H,4-10H2,(H,16,17). The van der Waals surface area contributed by atoms with Gasteiger partial charge in [0.25, 0.3) is 5.91 Å². The second-order valence-electron chi connectivity index (χ2n) is 5.10. The Bertz CT molecular complexity index is 483. The minimum absolute atomic E-state index is 0.0983. The molecule has 0 radical (unpaired) electrons. The van der Waals surface area contributed by atoms with Crippen molar-refractivity contribution in [3.63, 3.8) is 0 Å². The van der Waals surface area contributed by atoms with E-state index < -0.39 is 0 Å². The Morgan fingerprint density at radius 1 is 1.15 bits per heavy atom. The van der Waals surface area contributed by atoms with Crippen LogP contribution in [0.4, 0.5) is 0 Å². The van der Waals surface area contributed by atoms with Gasteiger partial charge in [-0.25, -0.2) is 0 Å². The molecule has 3 rings (SSSR count). The summed E-state index contributed by atoms with van der Waals surface area (Å²) in [6.45, 7) is 3.28. The SMILES string of the molecule is O=C(NCC1CCOCC1)c1cccc2c1OCCO2. The number of nitrogens with one attached hydrogen (secondary N) is 1. The number of carbonyl (C=O) groups is 1. The Morgan fingerprint density at radius 3 is 2.80 bits per heavy atom. The normalized spacial score (nSPS) is 18.6. The minimum atomic E-state index is -0.0983. The first-order valence-electron chi connectivity index (χ1n) is 7.09. The molecule has 1 amide bonds. The van der Waals surface area contributed by atoms with Gasteiger partial charge < -0.3 is 19.5 Å². The number of amides is 1. The van der Waals surface area contributed by atoms with Crippen LogP contribution in [0.1, 0.15) is 23.2 Å². The summed E-state index contributed by atoms with van der Waals surface area (Å²) in [5.74, 6) is 1.61. The Hall–Kier alpha value is -1.75. The summed E-state index contributed by atoms with van der Waals surface area (Å²) in [5, 5.41) is 2.99. The number of hydrogen-bond donors (Lipinski definition) is 1. The van der Waals surface area contributed by atoms with Crippen molar-refractivity contribution in [1.29, 1.82) is 0 Å². The summed E-state index contributed by atoms with van der Waals surface area (Å²) in [6.07, 6.45) is 2.01. The number of carbonyl (C=O) groups excluding carboxylic acids is 1. The van der Waals surface area contributed by atoms with Crippen molar-refractivity contribution in [2.75, 3.05) is 33.0 Å². The summed E-state index contributed by atoms with van der Waals surface area (Å²) in [4.78, 5) is 12.3. The lowest BCUT2D eigenvalue weighted by atomic mass is 10.0. The largest absolute Gasteiger partial charge is 0.486 e. The molecule has 5 nitrogen and oxygen atoms in total. The first kappa shape index (κ1) is 13.2. The van der Waals surface area contributed by atoms with Crippen molar-refractivity contribution < 1.29 is 19.0 Å². The molecule has 1 aromatic rings. The van der Waals surface area contributed by atoms with E-state index in [-0.39, 0.29) is 5.91 Å².